The van der Waals surface area contributed by atoms with Crippen molar-refractivity contribution in [1.82, 2.24) is 14.5 Å². The third-order valence-electron chi connectivity index (χ3n) is 4.09. The van der Waals surface area contributed by atoms with Crippen LogP contribution in [0.5, 0.6) is 0 Å². The largest absolute Gasteiger partial charge is 0.370 e. The number of nitrogens with zero attached hydrogens (tertiary/aromatic N) is 6. The first-order valence-corrected chi connectivity index (χ1v) is 9.24. The number of rotatable bonds is 7. The molecule has 0 saturated heterocycles. The summed E-state index contributed by atoms with van der Waals surface area (Å²) in [5.41, 5.74) is 13.4. The monoisotopic (exact) mass is 376 g/mol. The third-order valence-corrected chi connectivity index (χ3v) is 4.85. The van der Waals surface area contributed by atoms with Crippen molar-refractivity contribution in [2.45, 2.75) is 19.8 Å². The van der Waals surface area contributed by atoms with Gasteiger partial charge >= 0.3 is 0 Å². The van der Waals surface area contributed by atoms with Gasteiger partial charge in [0.1, 0.15) is 11.3 Å². The van der Waals surface area contributed by atoms with Crippen molar-refractivity contribution in [3.8, 4) is 5.69 Å². The molecule has 0 saturated carbocycles. The van der Waals surface area contributed by atoms with E-state index < -0.39 is 0 Å². The van der Waals surface area contributed by atoms with Crippen molar-refractivity contribution in [2.75, 3.05) is 0 Å². The molecule has 0 radical (unpaired) electrons. The first kappa shape index (κ1) is 17.2. The molecule has 0 N–H and O–H groups in total. The second-order valence-corrected chi connectivity index (χ2v) is 6.89. The molecule has 0 atom stereocenters. The lowest BCUT2D eigenvalue weighted by Crippen LogP contribution is -1.97. The van der Waals surface area contributed by atoms with Crippen molar-refractivity contribution in [3.63, 3.8) is 0 Å². The number of fused-ring (bicyclic) bond motifs is 1. The predicted molar refractivity (Wildman–Crippen MR) is 105 cm³/mol. The summed E-state index contributed by atoms with van der Waals surface area (Å²) in [6, 6.07) is 14.1. The lowest BCUT2D eigenvalue weighted by molar-refractivity contribution is 0.107. The van der Waals surface area contributed by atoms with Gasteiger partial charge in [-0.25, -0.2) is 9.97 Å². The summed E-state index contributed by atoms with van der Waals surface area (Å²) < 4.78 is 7.80. The van der Waals surface area contributed by atoms with Gasteiger partial charge in [-0.2, -0.15) is 0 Å². The van der Waals surface area contributed by atoms with Gasteiger partial charge in [-0.05, 0) is 40.9 Å². The van der Waals surface area contributed by atoms with Gasteiger partial charge in [-0.15, -0.1) is 11.3 Å². The zero-order valence-electron chi connectivity index (χ0n) is 14.4. The van der Waals surface area contributed by atoms with Crippen LogP contribution in [0.2, 0.25) is 0 Å². The van der Waals surface area contributed by atoms with Crippen LogP contribution in [0, 0.1) is 0 Å². The number of thiazole rings is 1. The lowest BCUT2D eigenvalue weighted by Gasteiger charge is -2.08. The molecule has 0 bridgehead atoms. The van der Waals surface area contributed by atoms with Gasteiger partial charge in [0.15, 0.2) is 0 Å². The molecule has 2 aromatic carbocycles. The van der Waals surface area contributed by atoms with Crippen molar-refractivity contribution >= 4 is 22.4 Å². The van der Waals surface area contributed by atoms with E-state index in [0.717, 1.165) is 32.9 Å². The molecule has 134 valence electrons. The second kappa shape index (κ2) is 8.01. The molecule has 0 aliphatic rings. The second-order valence-electron chi connectivity index (χ2n) is 5.92. The quantitative estimate of drug-likeness (QED) is 0.258. The van der Waals surface area contributed by atoms with Crippen LogP contribution in [0.3, 0.4) is 0 Å². The Morgan fingerprint density at radius 1 is 1.11 bits per heavy atom. The third kappa shape index (κ3) is 3.98. The van der Waals surface area contributed by atoms with Crippen LogP contribution in [0.15, 0.2) is 65.5 Å². The zero-order valence-corrected chi connectivity index (χ0v) is 15.2. The number of azide groups is 1. The Kier molecular flexibility index (Phi) is 5.11. The van der Waals surface area contributed by atoms with E-state index in [0.29, 0.717) is 19.8 Å². The fraction of sp³-hybridized carbons (Fsp3) is 0.158. The van der Waals surface area contributed by atoms with Crippen molar-refractivity contribution in [3.05, 3.63) is 86.9 Å². The summed E-state index contributed by atoms with van der Waals surface area (Å²) in [5, 5.41) is 6.52. The minimum absolute atomic E-state index is 0.325. The molecule has 0 amide bonds. The molecule has 2 heterocycles. The van der Waals surface area contributed by atoms with Crippen LogP contribution in [0.4, 0.5) is 0 Å². The molecule has 2 aromatic heterocycles. The number of ether oxygens (including phenoxy) is 1. The topological polar surface area (TPSA) is 88.7 Å². The highest BCUT2D eigenvalue weighted by atomic mass is 32.1. The van der Waals surface area contributed by atoms with Gasteiger partial charge in [-0.1, -0.05) is 23.3 Å². The molecule has 27 heavy (non-hydrogen) atoms. The summed E-state index contributed by atoms with van der Waals surface area (Å²) in [7, 11) is 0. The number of hydrogen-bond donors (Lipinski definition) is 0. The Bertz CT molecular complexity index is 1100. The fourth-order valence-corrected chi connectivity index (χ4v) is 3.40. The summed E-state index contributed by atoms with van der Waals surface area (Å²) in [4.78, 5) is 11.5. The van der Waals surface area contributed by atoms with E-state index in [1.807, 2.05) is 46.3 Å². The molecule has 0 spiro atoms. The summed E-state index contributed by atoms with van der Waals surface area (Å²) >= 11 is 1.59. The van der Waals surface area contributed by atoms with E-state index in [2.05, 4.69) is 26.1 Å². The molecule has 0 unspecified atom stereocenters. The molecule has 0 aliphatic heterocycles. The highest BCUT2D eigenvalue weighted by Gasteiger charge is 2.07. The number of hydrogen-bond acceptors (Lipinski definition) is 5. The Morgan fingerprint density at radius 3 is 2.93 bits per heavy atom. The highest BCUT2D eigenvalue weighted by molar-refractivity contribution is 7.09. The number of imidazole rings is 1. The van der Waals surface area contributed by atoms with Crippen molar-refractivity contribution in [2.24, 2.45) is 5.11 Å². The Morgan fingerprint density at radius 2 is 2.07 bits per heavy atom. The highest BCUT2D eigenvalue weighted by Crippen LogP contribution is 2.21. The number of aromatic nitrogens is 3. The minimum atomic E-state index is 0.325. The van der Waals surface area contributed by atoms with E-state index >= 15 is 0 Å². The normalized spacial score (nSPS) is 10.8. The summed E-state index contributed by atoms with van der Waals surface area (Å²) in [5.74, 6) is 0. The molecular weight excluding hydrogens is 360 g/mol. The van der Waals surface area contributed by atoms with Crippen LogP contribution in [-0.2, 0) is 24.5 Å². The minimum Gasteiger partial charge on any atom is -0.370 e. The SMILES string of the molecule is [N-]=[N+]=NCc1ccc2c(c1)ncn2-c1cccc(COCc2nccs2)c1. The maximum absolute atomic E-state index is 8.46. The standard InChI is InChI=1S/C19H16N6OS/c20-24-23-10-14-4-5-18-17(9-14)22-13-25(18)16-3-1-2-15(8-16)11-26-12-19-21-6-7-27-19/h1-9,13H,10-12H2. The zero-order chi connectivity index (χ0) is 18.5. The van der Waals surface area contributed by atoms with Gasteiger partial charge < -0.3 is 4.74 Å². The Balaban J connectivity index is 1.53. The van der Waals surface area contributed by atoms with E-state index in [4.69, 9.17) is 10.3 Å². The molecule has 4 rings (SSSR count). The molecule has 7 nitrogen and oxygen atoms in total. The molecule has 8 heteroatoms. The lowest BCUT2D eigenvalue weighted by atomic mass is 10.2. The molecular formula is C19H16N6OS. The summed E-state index contributed by atoms with van der Waals surface area (Å²) in [6.07, 6.45) is 3.59. The smallest absolute Gasteiger partial charge is 0.118 e. The maximum atomic E-state index is 8.46. The van der Waals surface area contributed by atoms with Crippen LogP contribution in [0.1, 0.15) is 16.1 Å². The number of benzene rings is 2. The molecule has 0 fully saturated rings. The maximum Gasteiger partial charge on any atom is 0.118 e. The first-order chi connectivity index (χ1) is 13.3. The average molecular weight is 376 g/mol. The predicted octanol–water partition coefficient (Wildman–Crippen LogP) is 5.01. The van der Waals surface area contributed by atoms with Gasteiger partial charge in [0, 0.05) is 22.2 Å². The first-order valence-electron chi connectivity index (χ1n) is 8.36. The fourth-order valence-electron chi connectivity index (χ4n) is 2.85. The molecule has 4 aromatic rings. The average Bonchev–Trinajstić information content (AvgIpc) is 3.36. The van der Waals surface area contributed by atoms with E-state index in [1.54, 1.807) is 23.9 Å². The van der Waals surface area contributed by atoms with Gasteiger partial charge in [-0.3, -0.25) is 4.57 Å². The van der Waals surface area contributed by atoms with E-state index in [9.17, 15) is 0 Å². The van der Waals surface area contributed by atoms with E-state index in [-0.39, 0.29) is 0 Å². The van der Waals surface area contributed by atoms with Crippen LogP contribution < -0.4 is 0 Å². The summed E-state index contributed by atoms with van der Waals surface area (Å²) in [6.45, 7) is 1.37. The van der Waals surface area contributed by atoms with Crippen LogP contribution >= 0.6 is 11.3 Å². The van der Waals surface area contributed by atoms with Crippen LogP contribution in [-0.4, -0.2) is 14.5 Å². The molecule has 0 aliphatic carbocycles. The van der Waals surface area contributed by atoms with Gasteiger partial charge in [0.25, 0.3) is 0 Å². The van der Waals surface area contributed by atoms with Gasteiger partial charge in [0.2, 0.25) is 0 Å². The van der Waals surface area contributed by atoms with Crippen LogP contribution in [0.25, 0.3) is 27.2 Å². The Labute approximate surface area is 159 Å². The van der Waals surface area contributed by atoms with Gasteiger partial charge in [0.05, 0.1) is 30.8 Å². The Hall–Kier alpha value is -3.19. The van der Waals surface area contributed by atoms with Crippen molar-refractivity contribution in [1.29, 1.82) is 0 Å². The van der Waals surface area contributed by atoms with Crippen molar-refractivity contribution < 1.29 is 4.74 Å². The van der Waals surface area contributed by atoms with E-state index in [1.165, 1.54) is 0 Å².